The van der Waals surface area contributed by atoms with Gasteiger partial charge >= 0.3 is 0 Å². The Hall–Kier alpha value is -1.07. The van der Waals surface area contributed by atoms with E-state index in [-0.39, 0.29) is 6.04 Å². The highest BCUT2D eigenvalue weighted by molar-refractivity contribution is 9.10. The standard InChI is InChI=1S/C14H17BrN2OS/c1-8-14(19-10(3)16-8)9(2)17-11-5-6-12(15)13(7-11)18-4/h5-7,9,17H,1-4H3. The van der Waals surface area contributed by atoms with E-state index < -0.39 is 0 Å². The van der Waals surface area contributed by atoms with Crippen molar-refractivity contribution < 1.29 is 4.74 Å². The molecule has 1 heterocycles. The number of hydrogen-bond acceptors (Lipinski definition) is 4. The zero-order valence-corrected chi connectivity index (χ0v) is 13.9. The van der Waals surface area contributed by atoms with E-state index in [1.807, 2.05) is 25.1 Å². The number of aryl methyl sites for hydroxylation is 2. The zero-order valence-electron chi connectivity index (χ0n) is 11.5. The minimum atomic E-state index is 0.233. The first-order chi connectivity index (χ1) is 9.01. The number of nitrogens with zero attached hydrogens (tertiary/aromatic N) is 1. The second-order valence-corrected chi connectivity index (χ2v) is 6.49. The van der Waals surface area contributed by atoms with Gasteiger partial charge < -0.3 is 10.1 Å². The van der Waals surface area contributed by atoms with Gasteiger partial charge in [-0.2, -0.15) is 0 Å². The number of nitrogens with one attached hydrogen (secondary N) is 1. The van der Waals surface area contributed by atoms with E-state index in [2.05, 4.69) is 40.1 Å². The third-order valence-electron chi connectivity index (χ3n) is 2.87. The molecule has 1 N–H and O–H groups in total. The molecule has 2 rings (SSSR count). The normalized spacial score (nSPS) is 12.3. The van der Waals surface area contributed by atoms with Crippen LogP contribution in [-0.4, -0.2) is 12.1 Å². The summed E-state index contributed by atoms with van der Waals surface area (Å²) in [6.07, 6.45) is 0. The van der Waals surface area contributed by atoms with Crippen LogP contribution in [0.15, 0.2) is 22.7 Å². The van der Waals surface area contributed by atoms with Crippen molar-refractivity contribution in [3.63, 3.8) is 0 Å². The molecule has 19 heavy (non-hydrogen) atoms. The van der Waals surface area contributed by atoms with E-state index in [1.165, 1.54) is 4.88 Å². The van der Waals surface area contributed by atoms with Crippen molar-refractivity contribution in [2.75, 3.05) is 12.4 Å². The number of thiazole rings is 1. The van der Waals surface area contributed by atoms with E-state index in [4.69, 9.17) is 4.74 Å². The highest BCUT2D eigenvalue weighted by Crippen LogP contribution is 2.31. The Morgan fingerprint density at radius 2 is 2.11 bits per heavy atom. The molecule has 0 aliphatic heterocycles. The van der Waals surface area contributed by atoms with E-state index in [0.717, 1.165) is 26.6 Å². The maximum Gasteiger partial charge on any atom is 0.135 e. The number of aromatic nitrogens is 1. The molecule has 0 fully saturated rings. The lowest BCUT2D eigenvalue weighted by atomic mass is 10.2. The number of halogens is 1. The average molecular weight is 341 g/mol. The summed E-state index contributed by atoms with van der Waals surface area (Å²) in [7, 11) is 1.67. The van der Waals surface area contributed by atoms with E-state index >= 15 is 0 Å². The Labute approximate surface area is 126 Å². The summed E-state index contributed by atoms with van der Waals surface area (Å²) in [6.45, 7) is 6.24. The molecule has 0 aliphatic rings. The Morgan fingerprint density at radius 1 is 1.37 bits per heavy atom. The number of anilines is 1. The van der Waals surface area contributed by atoms with Gasteiger partial charge in [0.15, 0.2) is 0 Å². The van der Waals surface area contributed by atoms with Crippen molar-refractivity contribution >= 4 is 33.0 Å². The third kappa shape index (κ3) is 3.28. The molecule has 102 valence electrons. The molecule has 0 amide bonds. The van der Waals surface area contributed by atoms with Crippen LogP contribution in [0.3, 0.4) is 0 Å². The van der Waals surface area contributed by atoms with Gasteiger partial charge in [0.25, 0.3) is 0 Å². The fraction of sp³-hybridized carbons (Fsp3) is 0.357. The van der Waals surface area contributed by atoms with Gasteiger partial charge in [-0.25, -0.2) is 4.98 Å². The van der Waals surface area contributed by atoms with Crippen LogP contribution in [0.4, 0.5) is 5.69 Å². The zero-order chi connectivity index (χ0) is 14.0. The average Bonchev–Trinajstić information content (AvgIpc) is 2.71. The fourth-order valence-electron chi connectivity index (χ4n) is 2.01. The molecule has 0 aliphatic carbocycles. The molecule has 1 aromatic carbocycles. The largest absolute Gasteiger partial charge is 0.495 e. The van der Waals surface area contributed by atoms with Crippen LogP contribution in [0.2, 0.25) is 0 Å². The summed E-state index contributed by atoms with van der Waals surface area (Å²) in [5, 5.41) is 4.59. The molecule has 5 heteroatoms. The van der Waals surface area contributed by atoms with Gasteiger partial charge in [-0.1, -0.05) is 0 Å². The molecule has 0 saturated carbocycles. The van der Waals surface area contributed by atoms with Crippen LogP contribution in [0, 0.1) is 13.8 Å². The number of hydrogen-bond donors (Lipinski definition) is 1. The number of benzene rings is 1. The third-order valence-corrected chi connectivity index (χ3v) is 4.78. The van der Waals surface area contributed by atoms with Crippen LogP contribution >= 0.6 is 27.3 Å². The lowest BCUT2D eigenvalue weighted by Gasteiger charge is -2.15. The molecule has 1 atom stereocenters. The minimum Gasteiger partial charge on any atom is -0.495 e. The summed E-state index contributed by atoms with van der Waals surface area (Å²) in [4.78, 5) is 5.75. The second kappa shape index (κ2) is 5.92. The summed E-state index contributed by atoms with van der Waals surface area (Å²) in [6, 6.07) is 6.24. The summed E-state index contributed by atoms with van der Waals surface area (Å²) < 4.78 is 6.26. The van der Waals surface area contributed by atoms with Crippen molar-refractivity contribution in [3.8, 4) is 5.75 Å². The van der Waals surface area contributed by atoms with Gasteiger partial charge in [0.2, 0.25) is 0 Å². The fourth-order valence-corrected chi connectivity index (χ4v) is 3.35. The smallest absolute Gasteiger partial charge is 0.135 e. The van der Waals surface area contributed by atoms with E-state index in [0.29, 0.717) is 0 Å². The first kappa shape index (κ1) is 14.3. The van der Waals surface area contributed by atoms with Crippen molar-refractivity contribution in [2.24, 2.45) is 0 Å². The Kier molecular flexibility index (Phi) is 4.47. The van der Waals surface area contributed by atoms with Crippen LogP contribution in [0.25, 0.3) is 0 Å². The lowest BCUT2D eigenvalue weighted by molar-refractivity contribution is 0.412. The van der Waals surface area contributed by atoms with E-state index in [1.54, 1.807) is 18.4 Å². The number of methoxy groups -OCH3 is 1. The van der Waals surface area contributed by atoms with Crippen LogP contribution in [0.1, 0.15) is 28.5 Å². The Morgan fingerprint density at radius 3 is 2.68 bits per heavy atom. The van der Waals surface area contributed by atoms with Gasteiger partial charge in [0.05, 0.1) is 28.3 Å². The summed E-state index contributed by atoms with van der Waals surface area (Å²) >= 11 is 5.20. The van der Waals surface area contributed by atoms with Gasteiger partial charge in [0, 0.05) is 16.6 Å². The molecule has 2 aromatic rings. The predicted molar refractivity (Wildman–Crippen MR) is 84.3 cm³/mol. The molecule has 0 radical (unpaired) electrons. The van der Waals surface area contributed by atoms with Gasteiger partial charge in [-0.15, -0.1) is 11.3 Å². The van der Waals surface area contributed by atoms with Crippen molar-refractivity contribution in [1.29, 1.82) is 0 Å². The van der Waals surface area contributed by atoms with Crippen molar-refractivity contribution in [1.82, 2.24) is 4.98 Å². The molecule has 3 nitrogen and oxygen atoms in total. The maximum atomic E-state index is 5.30. The van der Waals surface area contributed by atoms with Crippen LogP contribution in [-0.2, 0) is 0 Å². The van der Waals surface area contributed by atoms with Crippen molar-refractivity contribution in [2.45, 2.75) is 26.8 Å². The molecule has 0 saturated heterocycles. The SMILES string of the molecule is COc1cc(NC(C)c2sc(C)nc2C)ccc1Br. The topological polar surface area (TPSA) is 34.1 Å². The van der Waals surface area contributed by atoms with Gasteiger partial charge in [-0.05, 0) is 48.8 Å². The molecule has 1 aromatic heterocycles. The predicted octanol–water partition coefficient (Wildman–Crippen LogP) is 4.70. The number of ether oxygens (including phenoxy) is 1. The van der Waals surface area contributed by atoms with Gasteiger partial charge in [-0.3, -0.25) is 0 Å². The maximum absolute atomic E-state index is 5.30. The first-order valence-electron chi connectivity index (χ1n) is 6.05. The lowest BCUT2D eigenvalue weighted by Crippen LogP contribution is -2.06. The van der Waals surface area contributed by atoms with Crippen molar-refractivity contribution in [3.05, 3.63) is 38.3 Å². The van der Waals surface area contributed by atoms with Crippen LogP contribution in [0.5, 0.6) is 5.75 Å². The number of rotatable bonds is 4. The molecular weight excluding hydrogens is 324 g/mol. The van der Waals surface area contributed by atoms with E-state index in [9.17, 15) is 0 Å². The molecule has 0 spiro atoms. The first-order valence-corrected chi connectivity index (χ1v) is 7.66. The Balaban J connectivity index is 2.19. The molecular formula is C14H17BrN2OS. The second-order valence-electron chi connectivity index (χ2n) is 4.40. The highest BCUT2D eigenvalue weighted by Gasteiger charge is 2.13. The Bertz CT molecular complexity index is 583. The highest BCUT2D eigenvalue weighted by atomic mass is 79.9. The summed E-state index contributed by atoms with van der Waals surface area (Å²) in [5.74, 6) is 0.828. The quantitative estimate of drug-likeness (QED) is 0.875. The molecule has 0 bridgehead atoms. The molecule has 1 unspecified atom stereocenters. The monoisotopic (exact) mass is 340 g/mol. The minimum absolute atomic E-state index is 0.233. The summed E-state index contributed by atoms with van der Waals surface area (Å²) in [5.41, 5.74) is 2.14. The van der Waals surface area contributed by atoms with Gasteiger partial charge in [0.1, 0.15) is 5.75 Å². The van der Waals surface area contributed by atoms with Crippen LogP contribution < -0.4 is 10.1 Å².